The van der Waals surface area contributed by atoms with Gasteiger partial charge in [0, 0.05) is 30.9 Å². The smallest absolute Gasteiger partial charge is 0.120 e. The lowest BCUT2D eigenvalue weighted by atomic mass is 10.2. The first-order valence-electron chi connectivity index (χ1n) is 6.78. The van der Waals surface area contributed by atoms with Crippen LogP contribution in [0.5, 0.6) is 5.75 Å². The Kier molecular flexibility index (Phi) is 6.07. The van der Waals surface area contributed by atoms with Gasteiger partial charge in [-0.1, -0.05) is 17.9 Å². The van der Waals surface area contributed by atoms with Crippen LogP contribution in [0.2, 0.25) is 0 Å². The van der Waals surface area contributed by atoms with E-state index in [2.05, 4.69) is 11.8 Å². The highest BCUT2D eigenvalue weighted by atomic mass is 35.5. The zero-order valence-electron chi connectivity index (χ0n) is 11.0. The van der Waals surface area contributed by atoms with Crippen LogP contribution in [0.25, 0.3) is 0 Å². The summed E-state index contributed by atoms with van der Waals surface area (Å²) < 4.78 is 11.3. The van der Waals surface area contributed by atoms with Gasteiger partial charge in [-0.25, -0.2) is 0 Å². The molecule has 0 N–H and O–H groups in total. The number of hydrogen-bond donors (Lipinski definition) is 0. The monoisotopic (exact) mass is 278 g/mol. The average Bonchev–Trinajstić information content (AvgIpc) is 2.93. The molecule has 2 rings (SSSR count). The minimum atomic E-state index is 0.381. The molecule has 2 nitrogen and oxygen atoms in total. The van der Waals surface area contributed by atoms with Crippen LogP contribution in [0.1, 0.15) is 31.2 Å². The van der Waals surface area contributed by atoms with E-state index in [-0.39, 0.29) is 0 Å². The van der Waals surface area contributed by atoms with Gasteiger partial charge in [-0.2, -0.15) is 0 Å². The molecule has 1 unspecified atom stereocenters. The molecule has 19 heavy (non-hydrogen) atoms. The zero-order chi connectivity index (χ0) is 13.3. The predicted octanol–water partition coefficient (Wildman–Crippen LogP) is 3.61. The highest BCUT2D eigenvalue weighted by Crippen LogP contribution is 2.17. The van der Waals surface area contributed by atoms with Crippen molar-refractivity contribution in [2.45, 2.75) is 31.8 Å². The molecule has 1 aromatic rings. The second kappa shape index (κ2) is 8.09. The van der Waals surface area contributed by atoms with Crippen LogP contribution in [0.15, 0.2) is 24.3 Å². The Morgan fingerprint density at radius 1 is 1.42 bits per heavy atom. The summed E-state index contributed by atoms with van der Waals surface area (Å²) in [6.07, 6.45) is 4.39. The molecule has 1 heterocycles. The van der Waals surface area contributed by atoms with Crippen LogP contribution < -0.4 is 4.74 Å². The average molecular weight is 279 g/mol. The number of rotatable bonds is 5. The van der Waals surface area contributed by atoms with Gasteiger partial charge in [-0.3, -0.25) is 0 Å². The summed E-state index contributed by atoms with van der Waals surface area (Å²) in [6.45, 7) is 1.60. The van der Waals surface area contributed by atoms with Gasteiger partial charge in [0.25, 0.3) is 0 Å². The van der Waals surface area contributed by atoms with Crippen LogP contribution in [0.3, 0.4) is 0 Å². The summed E-state index contributed by atoms with van der Waals surface area (Å²) in [4.78, 5) is 0. The molecule has 1 saturated heterocycles. The maximum Gasteiger partial charge on any atom is 0.120 e. The molecule has 1 atom stereocenters. The molecule has 0 bridgehead atoms. The summed E-state index contributed by atoms with van der Waals surface area (Å²) in [5.41, 5.74) is 0.972. The Hall–Kier alpha value is -1.17. The first-order chi connectivity index (χ1) is 9.38. The molecule has 1 aliphatic heterocycles. The lowest BCUT2D eigenvalue weighted by Gasteiger charge is -2.10. The van der Waals surface area contributed by atoms with Crippen molar-refractivity contribution in [2.24, 2.45) is 0 Å². The minimum absolute atomic E-state index is 0.381. The highest BCUT2D eigenvalue weighted by molar-refractivity contribution is 6.18. The van der Waals surface area contributed by atoms with E-state index in [4.69, 9.17) is 21.1 Å². The van der Waals surface area contributed by atoms with Gasteiger partial charge in [0.05, 0.1) is 12.7 Å². The molecule has 0 aromatic heterocycles. The van der Waals surface area contributed by atoms with Crippen molar-refractivity contribution in [1.29, 1.82) is 0 Å². The summed E-state index contributed by atoms with van der Waals surface area (Å²) in [5.74, 6) is 7.55. The van der Waals surface area contributed by atoms with Crippen LogP contribution >= 0.6 is 11.6 Å². The maximum atomic E-state index is 5.74. The van der Waals surface area contributed by atoms with E-state index in [9.17, 15) is 0 Å². The van der Waals surface area contributed by atoms with Crippen molar-refractivity contribution in [3.8, 4) is 17.6 Å². The Morgan fingerprint density at radius 3 is 3.16 bits per heavy atom. The van der Waals surface area contributed by atoms with Crippen molar-refractivity contribution in [3.05, 3.63) is 29.8 Å². The SMILES string of the molecule is ClCCC#Cc1cccc(OCCC2CCCO2)c1. The fraction of sp³-hybridized carbons (Fsp3) is 0.500. The van der Waals surface area contributed by atoms with Crippen LogP contribution in [-0.2, 0) is 4.74 Å². The molecule has 1 aromatic carbocycles. The molecule has 0 spiro atoms. The number of alkyl halides is 1. The molecular weight excluding hydrogens is 260 g/mol. The first-order valence-corrected chi connectivity index (χ1v) is 7.31. The van der Waals surface area contributed by atoms with E-state index < -0.39 is 0 Å². The number of ether oxygens (including phenoxy) is 2. The molecule has 0 saturated carbocycles. The van der Waals surface area contributed by atoms with E-state index in [1.807, 2.05) is 24.3 Å². The Labute approximate surface area is 120 Å². The van der Waals surface area contributed by atoms with Crippen molar-refractivity contribution >= 4 is 11.6 Å². The van der Waals surface area contributed by atoms with Crippen molar-refractivity contribution in [2.75, 3.05) is 19.1 Å². The van der Waals surface area contributed by atoms with Gasteiger partial charge in [0.15, 0.2) is 0 Å². The van der Waals surface area contributed by atoms with Crippen molar-refractivity contribution in [1.82, 2.24) is 0 Å². The van der Waals surface area contributed by atoms with E-state index in [1.54, 1.807) is 0 Å². The summed E-state index contributed by atoms with van der Waals surface area (Å²) >= 11 is 5.59. The quantitative estimate of drug-likeness (QED) is 0.605. The molecular formula is C16H19ClO2. The Bertz CT molecular complexity index is 442. The largest absolute Gasteiger partial charge is 0.493 e. The van der Waals surface area contributed by atoms with Gasteiger partial charge >= 0.3 is 0 Å². The van der Waals surface area contributed by atoms with E-state index in [0.717, 1.165) is 30.8 Å². The highest BCUT2D eigenvalue weighted by Gasteiger charge is 2.14. The standard InChI is InChI=1S/C16H19ClO2/c17-10-2-1-5-14-6-3-7-16(13-14)19-12-9-15-8-4-11-18-15/h3,6-7,13,15H,2,4,8-12H2. The van der Waals surface area contributed by atoms with Crippen molar-refractivity contribution < 1.29 is 9.47 Å². The van der Waals surface area contributed by atoms with Gasteiger partial charge < -0.3 is 9.47 Å². The molecule has 102 valence electrons. The van der Waals surface area contributed by atoms with E-state index in [0.29, 0.717) is 25.0 Å². The Balaban J connectivity index is 1.79. The van der Waals surface area contributed by atoms with Crippen LogP contribution in [0.4, 0.5) is 0 Å². The fourth-order valence-electron chi connectivity index (χ4n) is 2.06. The molecule has 0 aliphatic carbocycles. The lowest BCUT2D eigenvalue weighted by Crippen LogP contribution is -2.10. The molecule has 0 amide bonds. The molecule has 1 aliphatic rings. The second-order valence-corrected chi connectivity index (χ2v) is 4.92. The third-order valence-electron chi connectivity index (χ3n) is 3.02. The van der Waals surface area contributed by atoms with Gasteiger partial charge in [0.1, 0.15) is 5.75 Å². The fourth-order valence-corrected chi connectivity index (χ4v) is 2.15. The topological polar surface area (TPSA) is 18.5 Å². The summed E-state index contributed by atoms with van der Waals surface area (Å²) in [5, 5.41) is 0. The first kappa shape index (κ1) is 14.2. The van der Waals surface area contributed by atoms with Crippen LogP contribution in [0, 0.1) is 11.8 Å². The third-order valence-corrected chi connectivity index (χ3v) is 3.21. The van der Waals surface area contributed by atoms with Gasteiger partial charge in [-0.05, 0) is 31.0 Å². The van der Waals surface area contributed by atoms with Gasteiger partial charge in [-0.15, -0.1) is 11.6 Å². The predicted molar refractivity (Wildman–Crippen MR) is 77.7 cm³/mol. The number of hydrogen-bond acceptors (Lipinski definition) is 2. The molecule has 3 heteroatoms. The number of halogens is 1. The maximum absolute atomic E-state index is 5.74. The van der Waals surface area contributed by atoms with E-state index in [1.165, 1.54) is 6.42 Å². The lowest BCUT2D eigenvalue weighted by molar-refractivity contribution is 0.0903. The minimum Gasteiger partial charge on any atom is -0.493 e. The van der Waals surface area contributed by atoms with E-state index >= 15 is 0 Å². The van der Waals surface area contributed by atoms with Crippen LogP contribution in [-0.4, -0.2) is 25.2 Å². The Morgan fingerprint density at radius 2 is 2.37 bits per heavy atom. The second-order valence-electron chi connectivity index (χ2n) is 4.54. The normalized spacial score (nSPS) is 17.8. The zero-order valence-corrected chi connectivity index (χ0v) is 11.8. The molecule has 0 radical (unpaired) electrons. The molecule has 1 fully saturated rings. The summed E-state index contributed by atoms with van der Waals surface area (Å²) in [6, 6.07) is 7.87. The van der Waals surface area contributed by atoms with Gasteiger partial charge in [0.2, 0.25) is 0 Å². The summed E-state index contributed by atoms with van der Waals surface area (Å²) in [7, 11) is 0. The van der Waals surface area contributed by atoms with Crippen molar-refractivity contribution in [3.63, 3.8) is 0 Å². The number of benzene rings is 1. The third kappa shape index (κ3) is 5.14.